The van der Waals surface area contributed by atoms with Crippen molar-refractivity contribution in [2.45, 2.75) is 27.3 Å². The summed E-state index contributed by atoms with van der Waals surface area (Å²) >= 11 is 0. The van der Waals surface area contributed by atoms with Crippen molar-refractivity contribution in [2.75, 3.05) is 0 Å². The molecule has 2 heteroatoms. The number of carbonyl (C=O) groups is 1. The molecule has 0 saturated carbocycles. The molecule has 0 spiro atoms. The third kappa shape index (κ3) is 2.47. The molecule has 2 nitrogen and oxygen atoms in total. The van der Waals surface area contributed by atoms with Gasteiger partial charge in [0.25, 0.3) is 0 Å². The van der Waals surface area contributed by atoms with Gasteiger partial charge < -0.3 is 4.57 Å². The van der Waals surface area contributed by atoms with Crippen LogP contribution in [-0.4, -0.2) is 10.9 Å². The van der Waals surface area contributed by atoms with Crippen LogP contribution in [0, 0.1) is 20.8 Å². The molecule has 0 bridgehead atoms. The molecule has 1 heterocycles. The summed E-state index contributed by atoms with van der Waals surface area (Å²) < 4.78 is 2.05. The van der Waals surface area contributed by atoms with E-state index in [1.807, 2.05) is 18.5 Å². The fourth-order valence-electron chi connectivity index (χ4n) is 2.27. The van der Waals surface area contributed by atoms with E-state index in [1.54, 1.807) is 0 Å². The maximum absolute atomic E-state index is 10.6. The Hall–Kier alpha value is -1.83. The second-order valence-electron chi connectivity index (χ2n) is 4.61. The molecule has 0 aliphatic rings. The van der Waals surface area contributed by atoms with Gasteiger partial charge in [0, 0.05) is 24.5 Å². The monoisotopic (exact) mass is 227 g/mol. The fourth-order valence-corrected chi connectivity index (χ4v) is 2.27. The van der Waals surface area contributed by atoms with Crippen LogP contribution in [0.15, 0.2) is 30.6 Å². The van der Waals surface area contributed by atoms with Crippen molar-refractivity contribution in [3.05, 3.63) is 58.4 Å². The van der Waals surface area contributed by atoms with Gasteiger partial charge in [-0.15, -0.1) is 0 Å². The van der Waals surface area contributed by atoms with Crippen molar-refractivity contribution in [3.63, 3.8) is 0 Å². The van der Waals surface area contributed by atoms with E-state index in [9.17, 15) is 4.79 Å². The molecule has 1 aromatic heterocycles. The number of aryl methyl sites for hydroxylation is 3. The topological polar surface area (TPSA) is 22.0 Å². The lowest BCUT2D eigenvalue weighted by Crippen LogP contribution is -2.02. The second kappa shape index (κ2) is 4.58. The van der Waals surface area contributed by atoms with Gasteiger partial charge in [0.05, 0.1) is 0 Å². The molecule has 0 unspecified atom stereocenters. The van der Waals surface area contributed by atoms with Crippen LogP contribution in [0.3, 0.4) is 0 Å². The van der Waals surface area contributed by atoms with E-state index in [2.05, 4.69) is 37.5 Å². The zero-order chi connectivity index (χ0) is 12.4. The Balaban J connectivity index is 2.32. The molecule has 2 rings (SSSR count). The highest BCUT2D eigenvalue weighted by Gasteiger charge is 2.05. The van der Waals surface area contributed by atoms with Crippen LogP contribution in [0.4, 0.5) is 0 Å². The highest BCUT2D eigenvalue weighted by molar-refractivity contribution is 5.74. The number of nitrogens with zero attached hydrogens (tertiary/aromatic N) is 1. The average Bonchev–Trinajstić information content (AvgIpc) is 2.71. The van der Waals surface area contributed by atoms with E-state index in [0.717, 1.165) is 18.4 Å². The van der Waals surface area contributed by atoms with Gasteiger partial charge in [-0.05, 0) is 43.5 Å². The molecule has 0 aliphatic heterocycles. The molecule has 0 saturated heterocycles. The third-order valence-electron chi connectivity index (χ3n) is 3.09. The molecule has 0 N–H and O–H groups in total. The van der Waals surface area contributed by atoms with Crippen LogP contribution in [0.1, 0.15) is 32.6 Å². The predicted octanol–water partition coefficient (Wildman–Crippen LogP) is 3.27. The Morgan fingerprint density at radius 3 is 2.35 bits per heavy atom. The quantitative estimate of drug-likeness (QED) is 0.738. The zero-order valence-corrected chi connectivity index (χ0v) is 10.5. The van der Waals surface area contributed by atoms with Gasteiger partial charge in [0.2, 0.25) is 0 Å². The van der Waals surface area contributed by atoms with E-state index >= 15 is 0 Å². The highest BCUT2D eigenvalue weighted by Crippen LogP contribution is 2.17. The summed E-state index contributed by atoms with van der Waals surface area (Å²) in [5, 5.41) is 0. The number of aromatic nitrogens is 1. The van der Waals surface area contributed by atoms with Gasteiger partial charge in [0.15, 0.2) is 6.29 Å². The predicted molar refractivity (Wildman–Crippen MR) is 69.6 cm³/mol. The lowest BCUT2D eigenvalue weighted by atomic mass is 10.00. The Labute approximate surface area is 102 Å². The largest absolute Gasteiger partial charge is 0.349 e. The molecular formula is C15H17NO. The molecule has 88 valence electrons. The molecule has 0 aliphatic carbocycles. The number of hydrogen-bond donors (Lipinski definition) is 0. The zero-order valence-electron chi connectivity index (χ0n) is 10.5. The summed E-state index contributed by atoms with van der Waals surface area (Å²) in [5.41, 5.74) is 5.98. The minimum absolute atomic E-state index is 0.729. The minimum Gasteiger partial charge on any atom is -0.349 e. The number of rotatable bonds is 3. The van der Waals surface area contributed by atoms with Crippen molar-refractivity contribution >= 4 is 6.29 Å². The van der Waals surface area contributed by atoms with E-state index in [-0.39, 0.29) is 0 Å². The summed E-state index contributed by atoms with van der Waals surface area (Å²) in [7, 11) is 0. The summed E-state index contributed by atoms with van der Waals surface area (Å²) in [6, 6.07) is 6.24. The first kappa shape index (κ1) is 11.6. The van der Waals surface area contributed by atoms with Gasteiger partial charge in [-0.1, -0.05) is 17.7 Å². The number of aldehydes is 1. The van der Waals surface area contributed by atoms with Gasteiger partial charge in [-0.3, -0.25) is 4.79 Å². The first-order chi connectivity index (χ1) is 8.10. The van der Waals surface area contributed by atoms with Crippen LogP contribution in [0.5, 0.6) is 0 Å². The molecule has 2 aromatic rings. The highest BCUT2D eigenvalue weighted by atomic mass is 16.1. The first-order valence-electron chi connectivity index (χ1n) is 5.78. The van der Waals surface area contributed by atoms with E-state index in [0.29, 0.717) is 0 Å². The number of carbonyl (C=O) groups excluding carboxylic acids is 1. The maximum atomic E-state index is 10.6. The molecule has 0 atom stereocenters. The molecule has 1 aromatic carbocycles. The smallest absolute Gasteiger partial charge is 0.151 e. The van der Waals surface area contributed by atoms with Crippen LogP contribution < -0.4 is 0 Å². The number of hydrogen-bond acceptors (Lipinski definition) is 1. The van der Waals surface area contributed by atoms with Crippen LogP contribution in [-0.2, 0) is 6.54 Å². The summed E-state index contributed by atoms with van der Waals surface area (Å²) in [6.45, 7) is 7.22. The molecular weight excluding hydrogens is 210 g/mol. The van der Waals surface area contributed by atoms with Gasteiger partial charge in [-0.25, -0.2) is 0 Å². The van der Waals surface area contributed by atoms with Crippen molar-refractivity contribution in [3.8, 4) is 0 Å². The van der Waals surface area contributed by atoms with Crippen LogP contribution in [0.25, 0.3) is 0 Å². The van der Waals surface area contributed by atoms with Crippen molar-refractivity contribution < 1.29 is 4.79 Å². The Bertz CT molecular complexity index is 529. The van der Waals surface area contributed by atoms with E-state index < -0.39 is 0 Å². The number of benzene rings is 1. The van der Waals surface area contributed by atoms with Gasteiger partial charge in [-0.2, -0.15) is 0 Å². The Morgan fingerprint density at radius 2 is 1.82 bits per heavy atom. The van der Waals surface area contributed by atoms with Crippen molar-refractivity contribution in [1.29, 1.82) is 0 Å². The van der Waals surface area contributed by atoms with Crippen LogP contribution in [0.2, 0.25) is 0 Å². The van der Waals surface area contributed by atoms with Crippen molar-refractivity contribution in [2.24, 2.45) is 0 Å². The normalized spacial score (nSPS) is 10.5. The third-order valence-corrected chi connectivity index (χ3v) is 3.09. The minimum atomic E-state index is 0.729. The molecule has 0 amide bonds. The van der Waals surface area contributed by atoms with E-state index in [1.165, 1.54) is 22.3 Å². The average molecular weight is 227 g/mol. The molecule has 0 radical (unpaired) electrons. The van der Waals surface area contributed by atoms with E-state index in [4.69, 9.17) is 0 Å². The summed E-state index contributed by atoms with van der Waals surface area (Å²) in [6.07, 6.45) is 4.71. The van der Waals surface area contributed by atoms with Crippen molar-refractivity contribution in [1.82, 2.24) is 4.57 Å². The fraction of sp³-hybridized carbons (Fsp3) is 0.267. The molecule has 0 fully saturated rings. The Kier molecular flexibility index (Phi) is 3.14. The van der Waals surface area contributed by atoms with Gasteiger partial charge in [0.1, 0.15) is 0 Å². The van der Waals surface area contributed by atoms with Gasteiger partial charge >= 0.3 is 0 Å². The lowest BCUT2D eigenvalue weighted by molar-refractivity contribution is 0.112. The second-order valence-corrected chi connectivity index (χ2v) is 4.61. The maximum Gasteiger partial charge on any atom is 0.151 e. The lowest BCUT2D eigenvalue weighted by Gasteiger charge is -2.12. The first-order valence-corrected chi connectivity index (χ1v) is 5.78. The van der Waals surface area contributed by atoms with Crippen LogP contribution >= 0.6 is 0 Å². The SMILES string of the molecule is Cc1cc(C)c(Cn2ccc(C=O)c2)c(C)c1. The Morgan fingerprint density at radius 1 is 1.18 bits per heavy atom. The standard InChI is InChI=1S/C15H17NO/c1-11-6-12(2)15(13(3)7-11)9-16-5-4-14(8-16)10-17/h4-8,10H,9H2,1-3H3. The summed E-state index contributed by atoms with van der Waals surface area (Å²) in [4.78, 5) is 10.6. The summed E-state index contributed by atoms with van der Waals surface area (Å²) in [5.74, 6) is 0. The molecule has 17 heavy (non-hydrogen) atoms.